The van der Waals surface area contributed by atoms with Crippen LogP contribution < -0.4 is 16.4 Å². The number of oxazole rings is 1. The second-order valence-electron chi connectivity index (χ2n) is 5.09. The molecule has 1 aromatic heterocycles. The van der Waals surface area contributed by atoms with Crippen molar-refractivity contribution in [2.45, 2.75) is 25.9 Å². The summed E-state index contributed by atoms with van der Waals surface area (Å²) in [4.78, 5) is 16.1. The summed E-state index contributed by atoms with van der Waals surface area (Å²) < 4.78 is 10.7. The van der Waals surface area contributed by atoms with Gasteiger partial charge < -0.3 is 19.8 Å². The second-order valence-corrected chi connectivity index (χ2v) is 5.09. The van der Waals surface area contributed by atoms with E-state index in [1.54, 1.807) is 6.07 Å². The van der Waals surface area contributed by atoms with Crippen LogP contribution >= 0.6 is 0 Å². The van der Waals surface area contributed by atoms with Crippen molar-refractivity contribution in [1.29, 1.82) is 0 Å². The van der Waals surface area contributed by atoms with E-state index >= 15 is 0 Å². The van der Waals surface area contributed by atoms with E-state index in [0.29, 0.717) is 16.8 Å². The summed E-state index contributed by atoms with van der Waals surface area (Å²) in [5.41, 5.74) is 8.81. The lowest BCUT2D eigenvalue weighted by Crippen LogP contribution is -2.40. The van der Waals surface area contributed by atoms with Gasteiger partial charge in [0.2, 0.25) is 0 Å². The maximum atomic E-state index is 11.2. The van der Waals surface area contributed by atoms with Crippen LogP contribution in [0.5, 0.6) is 0 Å². The molecule has 1 unspecified atom stereocenters. The van der Waals surface area contributed by atoms with Crippen molar-refractivity contribution >= 4 is 22.5 Å². The highest BCUT2D eigenvalue weighted by Crippen LogP contribution is 2.30. The molecule has 0 saturated carbocycles. The molecule has 1 atom stereocenters. The number of hydrogen-bond donors (Lipinski definition) is 2. The minimum atomic E-state index is -0.456. The van der Waals surface area contributed by atoms with E-state index in [0.717, 1.165) is 38.2 Å². The number of aromatic nitrogens is 1. The Balaban J connectivity index is 1.92. The number of fused-ring (bicyclic) bond motifs is 1. The molecule has 1 aromatic carbocycles. The molecule has 20 heavy (non-hydrogen) atoms. The third-order valence-electron chi connectivity index (χ3n) is 3.69. The SMILES string of the molecule is CCOC1CCCN(c2cc3[nH]c(=O)oc3cc2N)C1. The summed E-state index contributed by atoms with van der Waals surface area (Å²) in [6.07, 6.45) is 2.39. The monoisotopic (exact) mass is 277 g/mol. The van der Waals surface area contributed by atoms with E-state index in [-0.39, 0.29) is 6.10 Å². The summed E-state index contributed by atoms with van der Waals surface area (Å²) >= 11 is 0. The fourth-order valence-corrected chi connectivity index (χ4v) is 2.80. The van der Waals surface area contributed by atoms with Crippen LogP contribution in [-0.4, -0.2) is 30.8 Å². The van der Waals surface area contributed by atoms with E-state index in [1.807, 2.05) is 13.0 Å². The molecule has 108 valence electrons. The number of piperidine rings is 1. The lowest BCUT2D eigenvalue weighted by molar-refractivity contribution is 0.0527. The van der Waals surface area contributed by atoms with Gasteiger partial charge in [-0.25, -0.2) is 4.79 Å². The highest BCUT2D eigenvalue weighted by atomic mass is 16.5. The topological polar surface area (TPSA) is 84.5 Å². The van der Waals surface area contributed by atoms with Gasteiger partial charge in [-0.2, -0.15) is 0 Å². The standard InChI is InChI=1S/C14H19N3O3/c1-2-19-9-4-3-5-17(8-9)12-7-11-13(6-10(12)15)20-14(18)16-11/h6-7,9H,2-5,8,15H2,1H3,(H,16,18). The molecule has 0 spiro atoms. The van der Waals surface area contributed by atoms with E-state index in [4.69, 9.17) is 14.9 Å². The Morgan fingerprint density at radius 1 is 1.55 bits per heavy atom. The van der Waals surface area contributed by atoms with Gasteiger partial charge >= 0.3 is 5.76 Å². The van der Waals surface area contributed by atoms with Gasteiger partial charge in [0.1, 0.15) is 0 Å². The number of nitrogens with zero attached hydrogens (tertiary/aromatic N) is 1. The largest absolute Gasteiger partial charge is 0.417 e. The average Bonchev–Trinajstić information content (AvgIpc) is 2.77. The highest BCUT2D eigenvalue weighted by molar-refractivity contribution is 5.85. The van der Waals surface area contributed by atoms with Gasteiger partial charge in [-0.05, 0) is 25.8 Å². The Kier molecular flexibility index (Phi) is 3.40. The average molecular weight is 277 g/mol. The van der Waals surface area contributed by atoms with Crippen LogP contribution in [0.1, 0.15) is 19.8 Å². The zero-order chi connectivity index (χ0) is 14.1. The third-order valence-corrected chi connectivity index (χ3v) is 3.69. The molecule has 0 radical (unpaired) electrons. The Hall–Kier alpha value is -1.95. The Labute approximate surface area is 116 Å². The molecular weight excluding hydrogens is 258 g/mol. The fraction of sp³-hybridized carbons (Fsp3) is 0.500. The number of H-pyrrole nitrogens is 1. The number of ether oxygens (including phenoxy) is 1. The van der Waals surface area contributed by atoms with Crippen LogP contribution in [-0.2, 0) is 4.74 Å². The van der Waals surface area contributed by atoms with Gasteiger partial charge in [-0.3, -0.25) is 4.98 Å². The molecule has 1 aliphatic heterocycles. The Bertz CT molecular complexity index is 659. The summed E-state index contributed by atoms with van der Waals surface area (Å²) in [7, 11) is 0. The van der Waals surface area contributed by atoms with Gasteiger partial charge in [0.05, 0.1) is 23.0 Å². The molecule has 0 bridgehead atoms. The van der Waals surface area contributed by atoms with E-state index < -0.39 is 5.76 Å². The van der Waals surface area contributed by atoms with Crippen LogP contribution in [0.25, 0.3) is 11.1 Å². The molecule has 1 saturated heterocycles. The number of anilines is 2. The van der Waals surface area contributed by atoms with Crippen LogP contribution in [0.3, 0.4) is 0 Å². The minimum absolute atomic E-state index is 0.243. The number of aromatic amines is 1. The van der Waals surface area contributed by atoms with E-state index in [1.165, 1.54) is 0 Å². The normalized spacial score (nSPS) is 19.6. The quantitative estimate of drug-likeness (QED) is 0.834. The Morgan fingerprint density at radius 3 is 3.20 bits per heavy atom. The zero-order valence-electron chi connectivity index (χ0n) is 11.5. The second kappa shape index (κ2) is 5.20. The molecule has 0 amide bonds. The van der Waals surface area contributed by atoms with Crippen LogP contribution in [0.15, 0.2) is 21.3 Å². The van der Waals surface area contributed by atoms with Crippen molar-refractivity contribution in [1.82, 2.24) is 4.98 Å². The van der Waals surface area contributed by atoms with Crippen molar-refractivity contribution < 1.29 is 9.15 Å². The molecule has 2 aromatic rings. The molecule has 2 heterocycles. The molecule has 6 heteroatoms. The van der Waals surface area contributed by atoms with Crippen molar-refractivity contribution in [3.8, 4) is 0 Å². The molecule has 3 N–H and O–H groups in total. The first-order chi connectivity index (χ1) is 9.67. The lowest BCUT2D eigenvalue weighted by Gasteiger charge is -2.34. The Morgan fingerprint density at radius 2 is 2.40 bits per heavy atom. The van der Waals surface area contributed by atoms with Crippen molar-refractivity contribution in [2.24, 2.45) is 0 Å². The fourth-order valence-electron chi connectivity index (χ4n) is 2.80. The first kappa shape index (κ1) is 13.1. The van der Waals surface area contributed by atoms with Crippen molar-refractivity contribution in [3.63, 3.8) is 0 Å². The number of nitrogens with one attached hydrogen (secondary N) is 1. The maximum absolute atomic E-state index is 11.2. The number of rotatable bonds is 3. The number of nitrogen functional groups attached to an aromatic ring is 1. The molecule has 3 rings (SSSR count). The predicted octanol–water partition coefficient (Wildman–Crippen LogP) is 1.71. The zero-order valence-corrected chi connectivity index (χ0v) is 11.5. The van der Waals surface area contributed by atoms with Crippen LogP contribution in [0.2, 0.25) is 0 Å². The van der Waals surface area contributed by atoms with E-state index in [2.05, 4.69) is 9.88 Å². The van der Waals surface area contributed by atoms with E-state index in [9.17, 15) is 4.79 Å². The van der Waals surface area contributed by atoms with Crippen molar-refractivity contribution in [2.75, 3.05) is 30.3 Å². The first-order valence-electron chi connectivity index (χ1n) is 6.96. The molecule has 6 nitrogen and oxygen atoms in total. The summed E-state index contributed by atoms with van der Waals surface area (Å²) in [6.45, 7) is 4.50. The van der Waals surface area contributed by atoms with Gasteiger partial charge in [-0.15, -0.1) is 0 Å². The molecule has 0 aliphatic carbocycles. The smallest absolute Gasteiger partial charge is 0.408 e. The lowest BCUT2D eigenvalue weighted by atomic mass is 10.1. The van der Waals surface area contributed by atoms with Gasteiger partial charge in [0, 0.05) is 25.8 Å². The highest BCUT2D eigenvalue weighted by Gasteiger charge is 2.22. The third kappa shape index (κ3) is 2.38. The van der Waals surface area contributed by atoms with Gasteiger partial charge in [0.15, 0.2) is 5.58 Å². The summed E-state index contributed by atoms with van der Waals surface area (Å²) in [5.74, 6) is -0.456. The predicted molar refractivity (Wildman–Crippen MR) is 78.1 cm³/mol. The number of nitrogens with two attached hydrogens (primary N) is 1. The molecule has 1 aliphatic rings. The van der Waals surface area contributed by atoms with Crippen molar-refractivity contribution in [3.05, 3.63) is 22.7 Å². The number of benzene rings is 1. The summed E-state index contributed by atoms with van der Waals surface area (Å²) in [6, 6.07) is 3.58. The van der Waals surface area contributed by atoms with Crippen LogP contribution in [0.4, 0.5) is 11.4 Å². The molecule has 1 fully saturated rings. The molecular formula is C14H19N3O3. The summed E-state index contributed by atoms with van der Waals surface area (Å²) in [5, 5.41) is 0. The first-order valence-corrected chi connectivity index (χ1v) is 6.96. The van der Waals surface area contributed by atoms with Crippen LogP contribution in [0, 0.1) is 0 Å². The number of hydrogen-bond acceptors (Lipinski definition) is 5. The minimum Gasteiger partial charge on any atom is -0.408 e. The maximum Gasteiger partial charge on any atom is 0.417 e. The van der Waals surface area contributed by atoms with Gasteiger partial charge in [-0.1, -0.05) is 0 Å². The van der Waals surface area contributed by atoms with Gasteiger partial charge in [0.25, 0.3) is 0 Å².